The third-order valence-electron chi connectivity index (χ3n) is 2.11. The maximum atomic E-state index is 10.5. The lowest BCUT2D eigenvalue weighted by atomic mass is 10.1. The van der Waals surface area contributed by atoms with Crippen LogP contribution >= 0.6 is 11.3 Å². The Balaban J connectivity index is 2.11. The number of nitro groups is 1. The lowest BCUT2D eigenvalue weighted by molar-refractivity contribution is -0.380. The topological polar surface area (TPSA) is 64.4 Å². The number of hydrogen-bond donors (Lipinski definition) is 1. The summed E-state index contributed by atoms with van der Waals surface area (Å²) in [6.45, 7) is 2.10. The number of thiophene rings is 1. The molecule has 1 aromatic rings. The van der Waals surface area contributed by atoms with E-state index < -0.39 is 0 Å². The molecule has 0 aliphatic carbocycles. The van der Waals surface area contributed by atoms with Gasteiger partial charge in [-0.1, -0.05) is 11.3 Å². The monoisotopic (exact) mass is 214 g/mol. The van der Waals surface area contributed by atoms with Crippen molar-refractivity contribution < 1.29 is 9.66 Å². The maximum Gasteiger partial charge on any atom is 0.324 e. The van der Waals surface area contributed by atoms with E-state index in [1.54, 1.807) is 6.07 Å². The number of rotatable bonds is 2. The molecule has 0 radical (unpaired) electrons. The van der Waals surface area contributed by atoms with Gasteiger partial charge in [-0.05, 0) is 5.56 Å². The van der Waals surface area contributed by atoms with Gasteiger partial charge >= 0.3 is 5.00 Å². The highest BCUT2D eigenvalue weighted by Crippen LogP contribution is 2.27. The summed E-state index contributed by atoms with van der Waals surface area (Å²) in [4.78, 5) is 10.1. The van der Waals surface area contributed by atoms with Crippen LogP contribution in [0.2, 0.25) is 0 Å². The van der Waals surface area contributed by atoms with Gasteiger partial charge in [0.2, 0.25) is 0 Å². The van der Waals surface area contributed by atoms with Crippen LogP contribution in [0.5, 0.6) is 0 Å². The van der Waals surface area contributed by atoms with Crippen LogP contribution in [0.15, 0.2) is 11.4 Å². The first-order valence-electron chi connectivity index (χ1n) is 4.31. The highest BCUT2D eigenvalue weighted by Gasteiger charge is 2.19. The first kappa shape index (κ1) is 9.57. The predicted octanol–water partition coefficient (Wildman–Crippen LogP) is 1.32. The molecule has 1 fully saturated rings. The minimum absolute atomic E-state index is 0.105. The number of hydrogen-bond acceptors (Lipinski definition) is 5. The Morgan fingerprint density at radius 2 is 2.57 bits per heavy atom. The van der Waals surface area contributed by atoms with Crippen LogP contribution in [0.4, 0.5) is 5.00 Å². The summed E-state index contributed by atoms with van der Waals surface area (Å²) in [5.41, 5.74) is 0.946. The smallest absolute Gasteiger partial charge is 0.324 e. The molecule has 1 aliphatic rings. The SMILES string of the molecule is O=[N+]([O-])c1cc([C@H]2COCCN2)cs1. The van der Waals surface area contributed by atoms with E-state index in [9.17, 15) is 10.1 Å². The number of morpholine rings is 1. The second-order valence-corrected chi connectivity index (χ2v) is 3.95. The fourth-order valence-electron chi connectivity index (χ4n) is 1.40. The van der Waals surface area contributed by atoms with Crippen LogP contribution < -0.4 is 5.32 Å². The molecule has 5 nitrogen and oxygen atoms in total. The highest BCUT2D eigenvalue weighted by atomic mass is 32.1. The molecule has 76 valence electrons. The molecule has 2 rings (SSSR count). The van der Waals surface area contributed by atoms with E-state index >= 15 is 0 Å². The Morgan fingerprint density at radius 1 is 1.71 bits per heavy atom. The van der Waals surface area contributed by atoms with E-state index in [0.29, 0.717) is 13.2 Å². The van der Waals surface area contributed by atoms with Crippen molar-refractivity contribution in [2.24, 2.45) is 0 Å². The Labute approximate surface area is 84.8 Å². The first-order valence-corrected chi connectivity index (χ1v) is 5.19. The summed E-state index contributed by atoms with van der Waals surface area (Å²) in [7, 11) is 0. The van der Waals surface area contributed by atoms with Crippen LogP contribution in [0.3, 0.4) is 0 Å². The molecule has 1 N–H and O–H groups in total. The van der Waals surface area contributed by atoms with Crippen LogP contribution in [0.25, 0.3) is 0 Å². The second kappa shape index (κ2) is 4.04. The molecule has 6 heteroatoms. The zero-order chi connectivity index (χ0) is 9.97. The largest absolute Gasteiger partial charge is 0.378 e. The van der Waals surface area contributed by atoms with Gasteiger partial charge in [-0.2, -0.15) is 0 Å². The van der Waals surface area contributed by atoms with Gasteiger partial charge in [-0.3, -0.25) is 10.1 Å². The van der Waals surface area contributed by atoms with Crippen molar-refractivity contribution in [2.45, 2.75) is 6.04 Å². The molecule has 0 spiro atoms. The molecular formula is C8H10N2O3S. The second-order valence-electron chi connectivity index (χ2n) is 3.06. The van der Waals surface area contributed by atoms with Gasteiger partial charge in [0.05, 0.1) is 24.2 Å². The highest BCUT2D eigenvalue weighted by molar-refractivity contribution is 7.13. The molecular weight excluding hydrogens is 204 g/mol. The van der Waals surface area contributed by atoms with Crippen molar-refractivity contribution in [3.8, 4) is 0 Å². The average molecular weight is 214 g/mol. The van der Waals surface area contributed by atoms with E-state index in [0.717, 1.165) is 23.4 Å². The quantitative estimate of drug-likeness (QED) is 0.595. The molecule has 14 heavy (non-hydrogen) atoms. The van der Waals surface area contributed by atoms with Crippen LogP contribution in [-0.4, -0.2) is 24.7 Å². The zero-order valence-corrected chi connectivity index (χ0v) is 8.25. The Morgan fingerprint density at radius 3 is 3.14 bits per heavy atom. The van der Waals surface area contributed by atoms with E-state index in [1.807, 2.05) is 5.38 Å². The first-order chi connectivity index (χ1) is 6.77. The third kappa shape index (κ3) is 1.92. The Hall–Kier alpha value is -0.980. The van der Waals surface area contributed by atoms with E-state index in [2.05, 4.69) is 5.32 Å². The molecule has 1 saturated heterocycles. The molecule has 0 saturated carbocycles. The molecule has 1 aromatic heterocycles. The number of nitrogens with zero attached hydrogens (tertiary/aromatic N) is 1. The van der Waals surface area contributed by atoms with Crippen molar-refractivity contribution in [2.75, 3.05) is 19.8 Å². The molecule has 0 unspecified atom stereocenters. The molecule has 1 aliphatic heterocycles. The lowest BCUT2D eigenvalue weighted by Gasteiger charge is -2.22. The summed E-state index contributed by atoms with van der Waals surface area (Å²) in [5.74, 6) is 0. The fourth-order valence-corrected chi connectivity index (χ4v) is 2.18. The third-order valence-corrected chi connectivity index (χ3v) is 3.01. The van der Waals surface area contributed by atoms with Crippen molar-refractivity contribution in [1.82, 2.24) is 5.32 Å². The van der Waals surface area contributed by atoms with Gasteiger partial charge in [-0.15, -0.1) is 0 Å². The standard InChI is InChI=1S/C8H10N2O3S/c11-10(12)8-3-6(5-14-8)7-4-13-2-1-9-7/h3,5,7,9H,1-2,4H2/t7-/m1/s1. The van der Waals surface area contributed by atoms with Crippen LogP contribution in [-0.2, 0) is 4.74 Å². The lowest BCUT2D eigenvalue weighted by Crippen LogP contribution is -2.34. The Bertz CT molecular complexity index is 333. The van der Waals surface area contributed by atoms with Gasteiger partial charge in [-0.25, -0.2) is 0 Å². The van der Waals surface area contributed by atoms with Gasteiger partial charge in [0.15, 0.2) is 0 Å². The average Bonchev–Trinajstić information content (AvgIpc) is 2.68. The van der Waals surface area contributed by atoms with E-state index in [1.165, 1.54) is 0 Å². The normalized spacial score (nSPS) is 22.1. The van der Waals surface area contributed by atoms with Crippen LogP contribution in [0.1, 0.15) is 11.6 Å². The molecule has 0 bridgehead atoms. The summed E-state index contributed by atoms with van der Waals surface area (Å²) >= 11 is 1.16. The van der Waals surface area contributed by atoms with Gasteiger partial charge in [0.25, 0.3) is 0 Å². The summed E-state index contributed by atoms with van der Waals surface area (Å²) in [6, 6.07) is 1.71. The van der Waals surface area contributed by atoms with Crippen molar-refractivity contribution in [3.05, 3.63) is 27.1 Å². The molecule has 2 heterocycles. The predicted molar refractivity (Wildman–Crippen MR) is 52.5 cm³/mol. The van der Waals surface area contributed by atoms with Gasteiger partial charge in [0, 0.05) is 18.0 Å². The summed E-state index contributed by atoms with van der Waals surface area (Å²) < 4.78 is 5.28. The van der Waals surface area contributed by atoms with Gasteiger partial charge < -0.3 is 10.1 Å². The van der Waals surface area contributed by atoms with Crippen molar-refractivity contribution in [1.29, 1.82) is 0 Å². The number of ether oxygens (including phenoxy) is 1. The van der Waals surface area contributed by atoms with E-state index in [4.69, 9.17) is 4.74 Å². The fraction of sp³-hybridized carbons (Fsp3) is 0.500. The Kier molecular flexibility index (Phi) is 2.76. The molecule has 0 aromatic carbocycles. The zero-order valence-electron chi connectivity index (χ0n) is 7.43. The van der Waals surface area contributed by atoms with Crippen LogP contribution in [0, 0.1) is 10.1 Å². The summed E-state index contributed by atoms with van der Waals surface area (Å²) in [6.07, 6.45) is 0. The van der Waals surface area contributed by atoms with E-state index in [-0.39, 0.29) is 16.0 Å². The minimum Gasteiger partial charge on any atom is -0.378 e. The molecule has 1 atom stereocenters. The maximum absolute atomic E-state index is 10.5. The number of nitrogens with one attached hydrogen (secondary N) is 1. The van der Waals surface area contributed by atoms with Gasteiger partial charge in [0.1, 0.15) is 0 Å². The summed E-state index contributed by atoms with van der Waals surface area (Å²) in [5, 5.41) is 15.7. The minimum atomic E-state index is -0.363. The van der Waals surface area contributed by atoms with Crippen molar-refractivity contribution >= 4 is 16.3 Å². The van der Waals surface area contributed by atoms with Crippen molar-refractivity contribution in [3.63, 3.8) is 0 Å². The molecule has 0 amide bonds.